The predicted octanol–water partition coefficient (Wildman–Crippen LogP) is 1.32. The average Bonchev–Trinajstić information content (AvgIpc) is 2.87. The largest absolute Gasteiger partial charge is 0.395 e. The van der Waals surface area contributed by atoms with Crippen LogP contribution in [0.4, 0.5) is 0 Å². The molecule has 3 rings (SSSR count). The molecule has 0 unspecified atom stereocenters. The van der Waals surface area contributed by atoms with Gasteiger partial charge in [-0.25, -0.2) is 0 Å². The molecule has 2 atom stereocenters. The Morgan fingerprint density at radius 3 is 2.12 bits per heavy atom. The van der Waals surface area contributed by atoms with E-state index < -0.39 is 0 Å². The smallest absolute Gasteiger partial charge is 0.0586 e. The zero-order valence-corrected chi connectivity index (χ0v) is 10.9. The van der Waals surface area contributed by atoms with Gasteiger partial charge in [0, 0.05) is 25.2 Å². The van der Waals surface area contributed by atoms with Gasteiger partial charge in [0.05, 0.1) is 6.61 Å². The fraction of sp³-hybridized carbons (Fsp3) is 1.00. The van der Waals surface area contributed by atoms with Gasteiger partial charge in [-0.15, -0.1) is 0 Å². The molecule has 17 heavy (non-hydrogen) atoms. The Bertz CT molecular complexity index is 255. The first-order chi connectivity index (χ1) is 8.36. The summed E-state index contributed by atoms with van der Waals surface area (Å²) in [6.45, 7) is 5.44. The van der Waals surface area contributed by atoms with Crippen molar-refractivity contribution in [1.29, 1.82) is 0 Å². The van der Waals surface area contributed by atoms with Crippen molar-refractivity contribution in [2.24, 2.45) is 5.92 Å². The molecule has 1 saturated carbocycles. The van der Waals surface area contributed by atoms with Gasteiger partial charge in [-0.1, -0.05) is 0 Å². The SMILES string of the molecule is OC[C@H]1CCCN1C[C@@H]1CCCN1CC1CC1. The zero-order valence-electron chi connectivity index (χ0n) is 10.9. The molecule has 1 N–H and O–H groups in total. The number of likely N-dealkylation sites (tertiary alicyclic amines) is 2. The lowest BCUT2D eigenvalue weighted by atomic mass is 10.1. The minimum Gasteiger partial charge on any atom is -0.395 e. The van der Waals surface area contributed by atoms with Crippen LogP contribution in [0.5, 0.6) is 0 Å². The molecule has 0 aromatic rings. The minimum absolute atomic E-state index is 0.356. The number of aliphatic hydroxyl groups excluding tert-OH is 1. The topological polar surface area (TPSA) is 26.7 Å². The maximum atomic E-state index is 9.38. The second-order valence-corrected chi connectivity index (χ2v) is 6.21. The standard InChI is InChI=1S/C14H26N2O/c17-11-14-4-2-8-16(14)10-13-3-1-7-15(13)9-12-5-6-12/h12-14,17H,1-11H2/t13-,14+/m0/s1. The summed E-state index contributed by atoms with van der Waals surface area (Å²) in [6, 6.07) is 1.24. The first-order valence-corrected chi connectivity index (χ1v) is 7.46. The van der Waals surface area contributed by atoms with Crippen molar-refractivity contribution < 1.29 is 5.11 Å². The number of hydrogen-bond donors (Lipinski definition) is 1. The van der Waals surface area contributed by atoms with Crippen LogP contribution in [0, 0.1) is 5.92 Å². The molecule has 0 radical (unpaired) electrons. The Labute approximate surface area is 105 Å². The molecule has 0 spiro atoms. The van der Waals surface area contributed by atoms with E-state index >= 15 is 0 Å². The van der Waals surface area contributed by atoms with Crippen molar-refractivity contribution in [3.05, 3.63) is 0 Å². The molecule has 0 aromatic heterocycles. The van der Waals surface area contributed by atoms with E-state index in [0.717, 1.165) is 12.0 Å². The summed E-state index contributed by atoms with van der Waals surface area (Å²) in [5, 5.41) is 9.38. The highest BCUT2D eigenvalue weighted by Crippen LogP contribution is 2.32. The van der Waals surface area contributed by atoms with Crippen molar-refractivity contribution in [2.75, 3.05) is 32.8 Å². The Balaban J connectivity index is 1.52. The molecule has 98 valence electrons. The van der Waals surface area contributed by atoms with Crippen LogP contribution in [0.1, 0.15) is 38.5 Å². The summed E-state index contributed by atoms with van der Waals surface area (Å²) in [5.41, 5.74) is 0. The van der Waals surface area contributed by atoms with Gasteiger partial charge in [0.1, 0.15) is 0 Å². The van der Waals surface area contributed by atoms with Crippen molar-refractivity contribution in [1.82, 2.24) is 9.80 Å². The maximum absolute atomic E-state index is 9.38. The summed E-state index contributed by atoms with van der Waals surface area (Å²) in [5.74, 6) is 1.02. The van der Waals surface area contributed by atoms with Crippen LogP contribution in [-0.4, -0.2) is 59.8 Å². The monoisotopic (exact) mass is 238 g/mol. The molecule has 2 aliphatic heterocycles. The lowest BCUT2D eigenvalue weighted by Crippen LogP contribution is -2.44. The minimum atomic E-state index is 0.356. The molecule has 3 heteroatoms. The summed E-state index contributed by atoms with van der Waals surface area (Å²) in [6.07, 6.45) is 8.17. The predicted molar refractivity (Wildman–Crippen MR) is 69.0 cm³/mol. The van der Waals surface area contributed by atoms with E-state index in [9.17, 15) is 5.11 Å². The number of rotatable bonds is 5. The summed E-state index contributed by atoms with van der Waals surface area (Å²) in [4.78, 5) is 5.26. The second kappa shape index (κ2) is 5.25. The van der Waals surface area contributed by atoms with Crippen LogP contribution in [0.15, 0.2) is 0 Å². The average molecular weight is 238 g/mol. The van der Waals surface area contributed by atoms with E-state index in [1.807, 2.05) is 0 Å². The van der Waals surface area contributed by atoms with Gasteiger partial charge in [-0.2, -0.15) is 0 Å². The molecule has 3 aliphatic rings. The van der Waals surface area contributed by atoms with Crippen LogP contribution >= 0.6 is 0 Å². The molecule has 0 bridgehead atoms. The molecule has 2 heterocycles. The van der Waals surface area contributed by atoms with Gasteiger partial charge >= 0.3 is 0 Å². The molecular formula is C14H26N2O. The molecule has 3 nitrogen and oxygen atoms in total. The quantitative estimate of drug-likeness (QED) is 0.782. The highest BCUT2D eigenvalue weighted by atomic mass is 16.3. The lowest BCUT2D eigenvalue weighted by molar-refractivity contribution is 0.120. The van der Waals surface area contributed by atoms with Crippen LogP contribution in [0.3, 0.4) is 0 Å². The molecule has 2 saturated heterocycles. The fourth-order valence-electron chi connectivity index (χ4n) is 3.59. The van der Waals surface area contributed by atoms with Crippen molar-refractivity contribution in [3.63, 3.8) is 0 Å². The Morgan fingerprint density at radius 1 is 0.824 bits per heavy atom. The van der Waals surface area contributed by atoms with Gasteiger partial charge in [0.2, 0.25) is 0 Å². The first kappa shape index (κ1) is 11.9. The van der Waals surface area contributed by atoms with Crippen LogP contribution in [0.25, 0.3) is 0 Å². The maximum Gasteiger partial charge on any atom is 0.0586 e. The van der Waals surface area contributed by atoms with Gasteiger partial charge in [0.25, 0.3) is 0 Å². The normalized spacial score (nSPS) is 35.8. The van der Waals surface area contributed by atoms with E-state index in [2.05, 4.69) is 9.80 Å². The van der Waals surface area contributed by atoms with Gasteiger partial charge < -0.3 is 5.11 Å². The third kappa shape index (κ3) is 2.83. The van der Waals surface area contributed by atoms with Crippen LogP contribution in [-0.2, 0) is 0 Å². The number of aliphatic hydroxyl groups is 1. The number of nitrogens with zero attached hydrogens (tertiary/aromatic N) is 2. The summed E-state index contributed by atoms with van der Waals surface area (Å²) >= 11 is 0. The van der Waals surface area contributed by atoms with Crippen molar-refractivity contribution in [2.45, 2.75) is 50.6 Å². The second-order valence-electron chi connectivity index (χ2n) is 6.21. The molecule has 1 aliphatic carbocycles. The van der Waals surface area contributed by atoms with Gasteiger partial charge in [0.15, 0.2) is 0 Å². The van der Waals surface area contributed by atoms with Gasteiger partial charge in [-0.3, -0.25) is 9.80 Å². The highest BCUT2D eigenvalue weighted by molar-refractivity contribution is 4.89. The van der Waals surface area contributed by atoms with Crippen LogP contribution in [0.2, 0.25) is 0 Å². The first-order valence-electron chi connectivity index (χ1n) is 7.46. The van der Waals surface area contributed by atoms with E-state index in [1.54, 1.807) is 0 Å². The number of hydrogen-bond acceptors (Lipinski definition) is 3. The van der Waals surface area contributed by atoms with E-state index in [1.165, 1.54) is 64.7 Å². The molecular weight excluding hydrogens is 212 g/mol. The molecule has 0 amide bonds. The van der Waals surface area contributed by atoms with Crippen molar-refractivity contribution in [3.8, 4) is 0 Å². The zero-order chi connectivity index (χ0) is 11.7. The third-order valence-corrected chi connectivity index (χ3v) is 4.84. The third-order valence-electron chi connectivity index (χ3n) is 4.84. The highest BCUT2D eigenvalue weighted by Gasteiger charge is 2.34. The molecule has 0 aromatic carbocycles. The lowest BCUT2D eigenvalue weighted by Gasteiger charge is -2.31. The van der Waals surface area contributed by atoms with Crippen LogP contribution < -0.4 is 0 Å². The van der Waals surface area contributed by atoms with E-state index in [4.69, 9.17) is 0 Å². The Morgan fingerprint density at radius 2 is 1.47 bits per heavy atom. The Kier molecular flexibility index (Phi) is 3.69. The van der Waals surface area contributed by atoms with E-state index in [0.29, 0.717) is 12.6 Å². The van der Waals surface area contributed by atoms with Gasteiger partial charge in [-0.05, 0) is 57.5 Å². The summed E-state index contributed by atoms with van der Waals surface area (Å²) < 4.78 is 0. The fourth-order valence-corrected chi connectivity index (χ4v) is 3.59. The molecule has 3 fully saturated rings. The summed E-state index contributed by atoms with van der Waals surface area (Å²) in [7, 11) is 0. The van der Waals surface area contributed by atoms with Crippen molar-refractivity contribution >= 4 is 0 Å². The Hall–Kier alpha value is -0.120. The van der Waals surface area contributed by atoms with E-state index in [-0.39, 0.29) is 0 Å².